The molecular formula is C33H22ClNO6. The fraction of sp³-hybridized carbons (Fsp3) is 0.152. The Labute approximate surface area is 240 Å². The minimum absolute atomic E-state index is 0.197. The normalized spacial score (nSPS) is 22.4. The van der Waals surface area contributed by atoms with E-state index in [0.717, 1.165) is 10.5 Å². The summed E-state index contributed by atoms with van der Waals surface area (Å²) in [5.74, 6) is -3.64. The second kappa shape index (κ2) is 9.23. The quantitative estimate of drug-likeness (QED) is 0.219. The molecule has 3 aliphatic rings. The number of anilines is 1. The highest BCUT2D eigenvalue weighted by Gasteiger charge is 2.74. The average Bonchev–Trinajstić information content (AvgIpc) is 3.55. The van der Waals surface area contributed by atoms with Crippen LogP contribution < -0.4 is 9.64 Å². The van der Waals surface area contributed by atoms with E-state index in [1.54, 1.807) is 84.9 Å². The number of ketones is 2. The van der Waals surface area contributed by atoms with Crippen LogP contribution in [0.15, 0.2) is 97.1 Å². The molecule has 4 aromatic carbocycles. The summed E-state index contributed by atoms with van der Waals surface area (Å²) in [7, 11) is 0. The molecule has 0 bridgehead atoms. The van der Waals surface area contributed by atoms with Gasteiger partial charge in [0.15, 0.2) is 0 Å². The molecule has 7 nitrogen and oxygen atoms in total. The van der Waals surface area contributed by atoms with Crippen molar-refractivity contribution in [1.29, 1.82) is 0 Å². The predicted molar refractivity (Wildman–Crippen MR) is 150 cm³/mol. The summed E-state index contributed by atoms with van der Waals surface area (Å²) in [4.78, 5) is 57.0. The van der Waals surface area contributed by atoms with Crippen LogP contribution >= 0.6 is 11.6 Å². The summed E-state index contributed by atoms with van der Waals surface area (Å²) in [6.07, 6.45) is -0.961. The number of ether oxygens (including phenoxy) is 2. The number of carbonyl (C=O) groups excluding carboxylic acids is 4. The first kappa shape index (κ1) is 25.4. The number of aryl methyl sites for hydroxylation is 1. The number of halogens is 1. The molecule has 2 saturated heterocycles. The maximum Gasteiger partial charge on any atom is 0.241 e. The second-order valence-electron chi connectivity index (χ2n) is 10.5. The van der Waals surface area contributed by atoms with Gasteiger partial charge >= 0.3 is 0 Å². The Morgan fingerprint density at radius 2 is 1.29 bits per heavy atom. The number of carbonyl (C=O) groups is 4. The van der Waals surface area contributed by atoms with Gasteiger partial charge in [0.1, 0.15) is 11.5 Å². The van der Waals surface area contributed by atoms with Crippen molar-refractivity contribution in [2.24, 2.45) is 11.8 Å². The molecule has 3 atom stereocenters. The summed E-state index contributed by atoms with van der Waals surface area (Å²) in [5.41, 5.74) is 0.212. The smallest absolute Gasteiger partial charge is 0.241 e. The summed E-state index contributed by atoms with van der Waals surface area (Å²) in [6.45, 7) is 1.93. The fourth-order valence-corrected chi connectivity index (χ4v) is 6.26. The molecule has 202 valence electrons. The Bertz CT molecular complexity index is 1710. The molecular weight excluding hydrogens is 542 g/mol. The lowest BCUT2D eigenvalue weighted by Crippen LogP contribution is -2.51. The first-order valence-electron chi connectivity index (χ1n) is 13.1. The van der Waals surface area contributed by atoms with Gasteiger partial charge in [-0.2, -0.15) is 0 Å². The molecule has 2 aliphatic heterocycles. The van der Waals surface area contributed by atoms with E-state index >= 15 is 0 Å². The number of benzene rings is 4. The number of Topliss-reactive ketones (excluding diaryl/α,β-unsaturated/α-hetero) is 2. The van der Waals surface area contributed by atoms with Gasteiger partial charge in [0.2, 0.25) is 29.0 Å². The topological polar surface area (TPSA) is 90.0 Å². The van der Waals surface area contributed by atoms with Gasteiger partial charge in [-0.25, -0.2) is 4.90 Å². The molecule has 1 spiro atoms. The third-order valence-corrected chi connectivity index (χ3v) is 8.32. The molecule has 0 aromatic heterocycles. The Morgan fingerprint density at radius 1 is 0.732 bits per heavy atom. The van der Waals surface area contributed by atoms with Crippen molar-refractivity contribution in [3.05, 3.63) is 124 Å². The van der Waals surface area contributed by atoms with Crippen molar-refractivity contribution in [3.8, 4) is 11.5 Å². The van der Waals surface area contributed by atoms with Crippen LogP contribution in [0.5, 0.6) is 11.5 Å². The lowest BCUT2D eigenvalue weighted by molar-refractivity contribution is -0.127. The zero-order valence-electron chi connectivity index (χ0n) is 21.7. The lowest BCUT2D eigenvalue weighted by atomic mass is 9.77. The number of fused-ring (bicyclic) bond motifs is 3. The first-order chi connectivity index (χ1) is 19.8. The van der Waals surface area contributed by atoms with Gasteiger partial charge in [0.25, 0.3) is 0 Å². The molecule has 7 rings (SSSR count). The summed E-state index contributed by atoms with van der Waals surface area (Å²) in [6, 6.07) is 27.1. The van der Waals surface area contributed by atoms with Crippen LogP contribution in [0, 0.1) is 18.8 Å². The van der Waals surface area contributed by atoms with E-state index in [4.69, 9.17) is 21.1 Å². The number of rotatable bonds is 4. The van der Waals surface area contributed by atoms with Gasteiger partial charge in [-0.3, -0.25) is 19.2 Å². The molecule has 0 unspecified atom stereocenters. The Kier molecular flexibility index (Phi) is 5.71. The third-order valence-electron chi connectivity index (χ3n) is 8.07. The molecule has 0 saturated carbocycles. The Morgan fingerprint density at radius 3 is 1.88 bits per heavy atom. The monoisotopic (exact) mass is 563 g/mol. The maximum atomic E-state index is 14.1. The van der Waals surface area contributed by atoms with Crippen LogP contribution in [0.2, 0.25) is 5.02 Å². The van der Waals surface area contributed by atoms with Crippen molar-refractivity contribution in [1.82, 2.24) is 0 Å². The SMILES string of the molecule is Cc1ccc([C@H]2OC3(C(=O)c4ccccc4C3=O)[C@@H]3C(=O)N(c4ccc(Oc5ccc(Cl)cc5)cc4)C(=O)[C@@H]23)cc1. The molecule has 2 heterocycles. The van der Waals surface area contributed by atoms with Crippen LogP contribution in [0.4, 0.5) is 5.69 Å². The van der Waals surface area contributed by atoms with Gasteiger partial charge in [-0.15, -0.1) is 0 Å². The van der Waals surface area contributed by atoms with E-state index in [-0.39, 0.29) is 11.1 Å². The van der Waals surface area contributed by atoms with E-state index in [0.29, 0.717) is 27.8 Å². The zero-order chi connectivity index (χ0) is 28.5. The molecule has 2 fully saturated rings. The van der Waals surface area contributed by atoms with Crippen molar-refractivity contribution in [2.45, 2.75) is 18.6 Å². The van der Waals surface area contributed by atoms with E-state index < -0.39 is 46.9 Å². The van der Waals surface area contributed by atoms with Gasteiger partial charge in [0, 0.05) is 16.1 Å². The van der Waals surface area contributed by atoms with Gasteiger partial charge < -0.3 is 9.47 Å². The standard InChI is InChI=1S/C33H22ClNO6/c1-18-6-8-19(9-7-18)28-26-27(33(41-28)29(36)24-4-2-3-5-25(24)30(33)37)32(39)35(31(26)38)21-12-16-23(17-13-21)40-22-14-10-20(34)11-15-22/h2-17,26-28H,1H3/t26-,27+,28-/m1/s1. The largest absolute Gasteiger partial charge is 0.457 e. The second-order valence-corrected chi connectivity index (χ2v) is 10.9. The molecule has 0 radical (unpaired) electrons. The van der Waals surface area contributed by atoms with E-state index in [1.165, 1.54) is 0 Å². The van der Waals surface area contributed by atoms with Crippen LogP contribution in [0.3, 0.4) is 0 Å². The summed E-state index contributed by atoms with van der Waals surface area (Å²) >= 11 is 5.95. The van der Waals surface area contributed by atoms with Gasteiger partial charge in [-0.05, 0) is 61.0 Å². The summed E-state index contributed by atoms with van der Waals surface area (Å²) < 4.78 is 12.2. The van der Waals surface area contributed by atoms with Crippen molar-refractivity contribution < 1.29 is 28.7 Å². The third kappa shape index (κ3) is 3.70. The first-order valence-corrected chi connectivity index (χ1v) is 13.5. The number of hydrogen-bond acceptors (Lipinski definition) is 6. The molecule has 8 heteroatoms. The lowest BCUT2D eigenvalue weighted by Gasteiger charge is -2.27. The highest BCUT2D eigenvalue weighted by molar-refractivity contribution is 6.37. The molecule has 1 aliphatic carbocycles. The van der Waals surface area contributed by atoms with Crippen LogP contribution in [0.25, 0.3) is 0 Å². The van der Waals surface area contributed by atoms with Crippen molar-refractivity contribution in [2.75, 3.05) is 4.90 Å². The highest BCUT2D eigenvalue weighted by Crippen LogP contribution is 2.57. The van der Waals surface area contributed by atoms with Crippen LogP contribution in [-0.2, 0) is 14.3 Å². The Balaban J connectivity index is 1.28. The molecule has 2 amide bonds. The van der Waals surface area contributed by atoms with Crippen molar-refractivity contribution in [3.63, 3.8) is 0 Å². The van der Waals surface area contributed by atoms with Gasteiger partial charge in [0.05, 0.1) is 23.6 Å². The highest BCUT2D eigenvalue weighted by atomic mass is 35.5. The number of amides is 2. The molecule has 0 N–H and O–H groups in total. The predicted octanol–water partition coefficient (Wildman–Crippen LogP) is 6.14. The minimum atomic E-state index is -2.11. The van der Waals surface area contributed by atoms with Crippen LogP contribution in [0.1, 0.15) is 37.9 Å². The fourth-order valence-electron chi connectivity index (χ4n) is 6.13. The van der Waals surface area contributed by atoms with Gasteiger partial charge in [-0.1, -0.05) is 65.7 Å². The number of nitrogens with zero attached hydrogens (tertiary/aromatic N) is 1. The maximum absolute atomic E-state index is 14.1. The zero-order valence-corrected chi connectivity index (χ0v) is 22.5. The minimum Gasteiger partial charge on any atom is -0.457 e. The number of hydrogen-bond donors (Lipinski definition) is 0. The summed E-state index contributed by atoms with van der Waals surface area (Å²) in [5, 5.41) is 0.581. The number of imide groups is 1. The van der Waals surface area contributed by atoms with E-state index in [1.807, 2.05) is 19.1 Å². The average molecular weight is 564 g/mol. The molecule has 4 aromatic rings. The van der Waals surface area contributed by atoms with Crippen LogP contribution in [-0.4, -0.2) is 29.0 Å². The van der Waals surface area contributed by atoms with E-state index in [9.17, 15) is 19.2 Å². The molecule has 41 heavy (non-hydrogen) atoms. The Hall–Kier alpha value is -4.59. The van der Waals surface area contributed by atoms with E-state index in [2.05, 4.69) is 0 Å². The van der Waals surface area contributed by atoms with Crippen molar-refractivity contribution >= 4 is 40.7 Å².